The van der Waals surface area contributed by atoms with Crippen LogP contribution < -0.4 is 5.73 Å². The molecule has 0 atom stereocenters. The lowest BCUT2D eigenvalue weighted by atomic mass is 10.0. The molecule has 2 aromatic rings. The van der Waals surface area contributed by atoms with E-state index in [0.29, 0.717) is 16.2 Å². The highest BCUT2D eigenvalue weighted by Gasteiger charge is 2.30. The van der Waals surface area contributed by atoms with E-state index in [4.69, 9.17) is 15.2 Å². The van der Waals surface area contributed by atoms with Crippen LogP contribution in [0.1, 0.15) is 16.7 Å². The summed E-state index contributed by atoms with van der Waals surface area (Å²) in [5, 5.41) is 0. The number of ether oxygens (including phenoxy) is 2. The van der Waals surface area contributed by atoms with Crippen molar-refractivity contribution in [3.63, 3.8) is 0 Å². The highest BCUT2D eigenvalue weighted by atomic mass is 32.2. The molecule has 2 aromatic carbocycles. The average Bonchev–Trinajstić information content (AvgIpc) is 2.64. The number of rotatable bonds is 6. The number of alkyl halides is 3. The van der Waals surface area contributed by atoms with Crippen molar-refractivity contribution in [1.29, 1.82) is 0 Å². The number of methoxy groups -OCH3 is 2. The van der Waals surface area contributed by atoms with Crippen LogP contribution in [0.15, 0.2) is 53.6 Å². The van der Waals surface area contributed by atoms with Gasteiger partial charge in [0.15, 0.2) is 0 Å². The van der Waals surface area contributed by atoms with Gasteiger partial charge in [-0.15, -0.1) is 11.8 Å². The number of hydrogen-bond acceptors (Lipinski definition) is 5. The number of halogens is 3. The Kier molecular flexibility index (Phi) is 6.79. The Labute approximate surface area is 159 Å². The number of nitrogens with two attached hydrogens (primary N) is 1. The minimum Gasteiger partial charge on any atom is -0.503 e. The van der Waals surface area contributed by atoms with Crippen molar-refractivity contribution in [3.8, 4) is 0 Å². The molecule has 0 amide bonds. The maximum atomic E-state index is 12.7. The second kappa shape index (κ2) is 8.85. The molecule has 2 rings (SSSR count). The van der Waals surface area contributed by atoms with E-state index in [1.807, 2.05) is 6.07 Å². The topological polar surface area (TPSA) is 61.5 Å². The number of esters is 1. The summed E-state index contributed by atoms with van der Waals surface area (Å²) in [7, 11) is 2.69. The maximum absolute atomic E-state index is 12.7. The molecule has 27 heavy (non-hydrogen) atoms. The summed E-state index contributed by atoms with van der Waals surface area (Å²) in [5.74, 6) is -0.160. The number of thioether (sulfide) groups is 1. The Morgan fingerprint density at radius 2 is 1.89 bits per heavy atom. The summed E-state index contributed by atoms with van der Waals surface area (Å²) in [6.07, 6.45) is -3.15. The largest absolute Gasteiger partial charge is 0.503 e. The SMILES string of the molecule is CO/C=C(/C(=O)OC)c1ccccc1CSc1ccc(C(F)(F)F)cc1N. The predicted molar refractivity (Wildman–Crippen MR) is 98.9 cm³/mol. The molecule has 0 aromatic heterocycles. The van der Waals surface area contributed by atoms with Crippen molar-refractivity contribution in [1.82, 2.24) is 0 Å². The fourth-order valence-corrected chi connectivity index (χ4v) is 3.32. The highest BCUT2D eigenvalue weighted by molar-refractivity contribution is 7.98. The fourth-order valence-electron chi connectivity index (χ4n) is 2.37. The van der Waals surface area contributed by atoms with Crippen LogP contribution in [0.3, 0.4) is 0 Å². The zero-order valence-electron chi connectivity index (χ0n) is 14.7. The molecular formula is C19H18F3NO3S. The third-order valence-electron chi connectivity index (χ3n) is 3.67. The number of nitrogen functional groups attached to an aromatic ring is 1. The van der Waals surface area contributed by atoms with Crippen molar-refractivity contribution in [2.24, 2.45) is 0 Å². The van der Waals surface area contributed by atoms with Crippen LogP contribution in [-0.2, 0) is 26.2 Å². The summed E-state index contributed by atoms with van der Waals surface area (Å²) in [6.45, 7) is 0. The van der Waals surface area contributed by atoms with Gasteiger partial charge in [-0.2, -0.15) is 13.2 Å². The molecule has 0 fully saturated rings. The van der Waals surface area contributed by atoms with E-state index in [1.165, 1.54) is 38.3 Å². The normalized spacial score (nSPS) is 12.0. The zero-order valence-corrected chi connectivity index (χ0v) is 15.5. The summed E-state index contributed by atoms with van der Waals surface area (Å²) in [6, 6.07) is 10.4. The number of anilines is 1. The van der Waals surface area contributed by atoms with Gasteiger partial charge < -0.3 is 15.2 Å². The quantitative estimate of drug-likeness (QED) is 0.251. The first-order chi connectivity index (χ1) is 12.8. The number of hydrogen-bond donors (Lipinski definition) is 1. The van der Waals surface area contributed by atoms with E-state index in [-0.39, 0.29) is 11.3 Å². The molecular weight excluding hydrogens is 379 g/mol. The van der Waals surface area contributed by atoms with Crippen molar-refractivity contribution in [3.05, 3.63) is 65.4 Å². The Morgan fingerprint density at radius 3 is 2.48 bits per heavy atom. The highest BCUT2D eigenvalue weighted by Crippen LogP contribution is 2.36. The lowest BCUT2D eigenvalue weighted by molar-refractivity contribution is -0.137. The van der Waals surface area contributed by atoms with Crippen LogP contribution in [0.25, 0.3) is 5.57 Å². The zero-order chi connectivity index (χ0) is 20.0. The van der Waals surface area contributed by atoms with Gasteiger partial charge in [0.2, 0.25) is 0 Å². The Balaban J connectivity index is 2.27. The van der Waals surface area contributed by atoms with E-state index >= 15 is 0 Å². The molecule has 144 valence electrons. The van der Waals surface area contributed by atoms with E-state index < -0.39 is 17.7 Å². The molecule has 2 N–H and O–H groups in total. The van der Waals surface area contributed by atoms with E-state index in [2.05, 4.69) is 0 Å². The predicted octanol–water partition coefficient (Wildman–Crippen LogP) is 4.74. The summed E-state index contributed by atoms with van der Waals surface area (Å²) in [5.41, 5.74) is 6.68. The van der Waals surface area contributed by atoms with Gasteiger partial charge in [-0.25, -0.2) is 4.79 Å². The average molecular weight is 397 g/mol. The van der Waals surface area contributed by atoms with E-state index in [0.717, 1.165) is 17.7 Å². The van der Waals surface area contributed by atoms with E-state index in [1.54, 1.807) is 18.2 Å². The van der Waals surface area contributed by atoms with Gasteiger partial charge in [0.05, 0.1) is 26.0 Å². The van der Waals surface area contributed by atoms with Crippen molar-refractivity contribution >= 4 is 29.0 Å². The van der Waals surface area contributed by atoms with Crippen LogP contribution in [0, 0.1) is 0 Å². The van der Waals surface area contributed by atoms with Gasteiger partial charge in [-0.3, -0.25) is 0 Å². The Morgan fingerprint density at radius 1 is 1.19 bits per heavy atom. The minimum atomic E-state index is -4.44. The van der Waals surface area contributed by atoms with Crippen LogP contribution >= 0.6 is 11.8 Å². The molecule has 0 aliphatic heterocycles. The van der Waals surface area contributed by atoms with Gasteiger partial charge in [-0.05, 0) is 29.3 Å². The molecule has 4 nitrogen and oxygen atoms in total. The van der Waals surface area contributed by atoms with Crippen LogP contribution in [0.4, 0.5) is 18.9 Å². The van der Waals surface area contributed by atoms with Gasteiger partial charge >= 0.3 is 12.1 Å². The van der Waals surface area contributed by atoms with Crippen molar-refractivity contribution < 1.29 is 27.4 Å². The minimum absolute atomic E-state index is 0.0490. The second-order valence-corrected chi connectivity index (χ2v) is 6.47. The van der Waals surface area contributed by atoms with Crippen LogP contribution in [0.5, 0.6) is 0 Å². The van der Waals surface area contributed by atoms with E-state index in [9.17, 15) is 18.0 Å². The Bertz CT molecular complexity index is 850. The Hall–Kier alpha value is -2.61. The number of carbonyl (C=O) groups is 1. The fraction of sp³-hybridized carbons (Fsp3) is 0.211. The molecule has 0 heterocycles. The lowest BCUT2D eigenvalue weighted by Gasteiger charge is -2.13. The van der Waals surface area contributed by atoms with Gasteiger partial charge in [-0.1, -0.05) is 24.3 Å². The first-order valence-corrected chi connectivity index (χ1v) is 8.75. The first-order valence-electron chi connectivity index (χ1n) is 7.77. The standard InChI is InChI=1S/C19H18F3NO3S/c1-25-10-15(18(24)26-2)14-6-4-3-5-12(14)11-27-17-8-7-13(9-16(17)23)19(20,21)22/h3-10H,11,23H2,1-2H3/b15-10+. The molecule has 0 radical (unpaired) electrons. The maximum Gasteiger partial charge on any atom is 0.416 e. The second-order valence-electron chi connectivity index (χ2n) is 5.45. The molecule has 0 unspecified atom stereocenters. The summed E-state index contributed by atoms with van der Waals surface area (Å²) in [4.78, 5) is 12.5. The molecule has 0 aliphatic carbocycles. The molecule has 0 spiro atoms. The number of carbonyl (C=O) groups excluding carboxylic acids is 1. The third kappa shape index (κ3) is 5.19. The molecule has 8 heteroatoms. The van der Waals surface area contributed by atoms with Crippen molar-refractivity contribution in [2.75, 3.05) is 20.0 Å². The van der Waals surface area contributed by atoms with Gasteiger partial charge in [0.1, 0.15) is 5.57 Å². The van der Waals surface area contributed by atoms with Crippen LogP contribution in [-0.4, -0.2) is 20.2 Å². The molecule has 0 saturated heterocycles. The van der Waals surface area contributed by atoms with Crippen molar-refractivity contribution in [2.45, 2.75) is 16.8 Å². The van der Waals surface area contributed by atoms with Crippen LogP contribution in [0.2, 0.25) is 0 Å². The van der Waals surface area contributed by atoms with Gasteiger partial charge in [0, 0.05) is 16.3 Å². The molecule has 0 saturated carbocycles. The number of benzene rings is 2. The summed E-state index contributed by atoms with van der Waals surface area (Å²) < 4.78 is 48.0. The molecule has 0 bridgehead atoms. The third-order valence-corrected chi connectivity index (χ3v) is 4.81. The summed E-state index contributed by atoms with van der Waals surface area (Å²) >= 11 is 1.28. The molecule has 0 aliphatic rings. The monoisotopic (exact) mass is 397 g/mol. The van der Waals surface area contributed by atoms with Gasteiger partial charge in [0.25, 0.3) is 0 Å². The first kappa shape index (κ1) is 20.7. The lowest BCUT2D eigenvalue weighted by Crippen LogP contribution is -2.07. The smallest absolute Gasteiger partial charge is 0.416 e.